The number of hydrogen-bond donors (Lipinski definition) is 1. The number of nitrogens with zero attached hydrogens (tertiary/aromatic N) is 1. The Labute approximate surface area is 147 Å². The van der Waals surface area contributed by atoms with Crippen LogP contribution in [0.1, 0.15) is 21.7 Å². The number of nitrogens with one attached hydrogen (secondary N) is 1. The van der Waals surface area contributed by atoms with Crippen molar-refractivity contribution in [3.8, 4) is 11.3 Å². The molecule has 1 aromatic heterocycles. The first kappa shape index (κ1) is 17.1. The molecular formula is C18H13ClF2N2O2. The molecule has 0 saturated carbocycles. The van der Waals surface area contributed by atoms with E-state index in [1.165, 1.54) is 37.3 Å². The maximum absolute atomic E-state index is 14.2. The Balaban J connectivity index is 2.03. The molecule has 0 radical (unpaired) electrons. The largest absolute Gasteiger partial charge is 0.360 e. The van der Waals surface area contributed by atoms with Crippen molar-refractivity contribution in [2.45, 2.75) is 13.8 Å². The normalized spacial score (nSPS) is 10.8. The number of aromatic nitrogens is 1. The number of halogens is 3. The SMILES string of the molecule is Cc1ccc(NC(=O)c2c(-c3c(F)cccc3Cl)noc2C)c(F)c1. The zero-order valence-electron chi connectivity index (χ0n) is 13.4. The van der Waals surface area contributed by atoms with E-state index in [1.807, 2.05) is 0 Å². The summed E-state index contributed by atoms with van der Waals surface area (Å²) in [5.74, 6) is -1.72. The monoisotopic (exact) mass is 362 g/mol. The van der Waals surface area contributed by atoms with Crippen molar-refractivity contribution in [1.29, 1.82) is 0 Å². The number of hydrogen-bond acceptors (Lipinski definition) is 3. The van der Waals surface area contributed by atoms with Gasteiger partial charge in [0.15, 0.2) is 0 Å². The van der Waals surface area contributed by atoms with E-state index < -0.39 is 17.5 Å². The lowest BCUT2D eigenvalue weighted by atomic mass is 10.0. The zero-order valence-corrected chi connectivity index (χ0v) is 14.1. The highest BCUT2D eigenvalue weighted by atomic mass is 35.5. The summed E-state index contributed by atoms with van der Waals surface area (Å²) in [5, 5.41) is 6.29. The van der Waals surface area contributed by atoms with Crippen molar-refractivity contribution >= 4 is 23.2 Å². The predicted molar refractivity (Wildman–Crippen MR) is 90.7 cm³/mol. The van der Waals surface area contributed by atoms with E-state index in [0.29, 0.717) is 0 Å². The quantitative estimate of drug-likeness (QED) is 0.701. The number of rotatable bonds is 3. The van der Waals surface area contributed by atoms with E-state index in [2.05, 4.69) is 10.5 Å². The summed E-state index contributed by atoms with van der Waals surface area (Å²) >= 11 is 6.04. The highest BCUT2D eigenvalue weighted by molar-refractivity contribution is 6.33. The number of amides is 1. The Hall–Kier alpha value is -2.73. The average Bonchev–Trinajstić information content (AvgIpc) is 2.91. The molecule has 0 fully saturated rings. The van der Waals surface area contributed by atoms with Gasteiger partial charge < -0.3 is 9.84 Å². The van der Waals surface area contributed by atoms with Crippen LogP contribution >= 0.6 is 11.6 Å². The van der Waals surface area contributed by atoms with E-state index in [0.717, 1.165) is 5.56 Å². The predicted octanol–water partition coefficient (Wildman–Crippen LogP) is 5.14. The van der Waals surface area contributed by atoms with Crippen LogP contribution in [0.5, 0.6) is 0 Å². The van der Waals surface area contributed by atoms with Crippen molar-refractivity contribution in [3.05, 3.63) is 69.9 Å². The van der Waals surface area contributed by atoms with Gasteiger partial charge in [0, 0.05) is 0 Å². The fraction of sp³-hybridized carbons (Fsp3) is 0.111. The molecule has 2 aromatic carbocycles. The molecule has 4 nitrogen and oxygen atoms in total. The number of carbonyl (C=O) groups excluding carboxylic acids is 1. The van der Waals surface area contributed by atoms with Gasteiger partial charge in [0.1, 0.15) is 28.7 Å². The van der Waals surface area contributed by atoms with Gasteiger partial charge in [-0.1, -0.05) is 28.9 Å². The van der Waals surface area contributed by atoms with Crippen molar-refractivity contribution in [2.24, 2.45) is 0 Å². The summed E-state index contributed by atoms with van der Waals surface area (Å²) in [5.41, 5.74) is 0.630. The molecule has 0 saturated heterocycles. The van der Waals surface area contributed by atoms with Gasteiger partial charge >= 0.3 is 0 Å². The lowest BCUT2D eigenvalue weighted by molar-refractivity contribution is 0.102. The third-order valence-corrected chi connectivity index (χ3v) is 3.98. The van der Waals surface area contributed by atoms with Crippen LogP contribution in [0.25, 0.3) is 11.3 Å². The summed E-state index contributed by atoms with van der Waals surface area (Å²) in [4.78, 5) is 12.6. The van der Waals surface area contributed by atoms with E-state index in [1.54, 1.807) is 13.0 Å². The van der Waals surface area contributed by atoms with Gasteiger partial charge in [-0.15, -0.1) is 0 Å². The smallest absolute Gasteiger partial charge is 0.261 e. The minimum Gasteiger partial charge on any atom is -0.360 e. The molecule has 0 aliphatic heterocycles. The highest BCUT2D eigenvalue weighted by Gasteiger charge is 2.25. The maximum Gasteiger partial charge on any atom is 0.261 e. The summed E-state index contributed by atoms with van der Waals surface area (Å²) in [6.07, 6.45) is 0. The zero-order chi connectivity index (χ0) is 18.1. The van der Waals surface area contributed by atoms with Gasteiger partial charge in [-0.25, -0.2) is 8.78 Å². The van der Waals surface area contributed by atoms with Crippen molar-refractivity contribution in [2.75, 3.05) is 5.32 Å². The van der Waals surface area contributed by atoms with Crippen LogP contribution in [0.3, 0.4) is 0 Å². The molecule has 3 rings (SSSR count). The van der Waals surface area contributed by atoms with Gasteiger partial charge in [-0.05, 0) is 43.7 Å². The van der Waals surface area contributed by atoms with Crippen LogP contribution < -0.4 is 5.32 Å². The van der Waals surface area contributed by atoms with Crippen LogP contribution in [0.4, 0.5) is 14.5 Å². The van der Waals surface area contributed by atoms with Crippen LogP contribution in [0.2, 0.25) is 5.02 Å². The second-order valence-corrected chi connectivity index (χ2v) is 5.90. The Bertz CT molecular complexity index is 949. The molecule has 1 heterocycles. The third-order valence-electron chi connectivity index (χ3n) is 3.66. The van der Waals surface area contributed by atoms with E-state index >= 15 is 0 Å². The average molecular weight is 363 g/mol. The van der Waals surface area contributed by atoms with E-state index in [-0.39, 0.29) is 33.3 Å². The molecule has 0 unspecified atom stereocenters. The Morgan fingerprint density at radius 2 is 1.92 bits per heavy atom. The van der Waals surface area contributed by atoms with Crippen LogP contribution in [0, 0.1) is 25.5 Å². The van der Waals surface area contributed by atoms with E-state index in [9.17, 15) is 13.6 Å². The number of benzene rings is 2. The maximum atomic E-state index is 14.2. The minimum atomic E-state index is -0.671. The molecular weight excluding hydrogens is 350 g/mol. The van der Waals surface area contributed by atoms with Crippen molar-refractivity contribution in [3.63, 3.8) is 0 Å². The first-order valence-corrected chi connectivity index (χ1v) is 7.74. The van der Waals surface area contributed by atoms with Gasteiger partial charge in [-0.3, -0.25) is 4.79 Å². The van der Waals surface area contributed by atoms with Crippen LogP contribution in [-0.2, 0) is 0 Å². The summed E-state index contributed by atoms with van der Waals surface area (Å²) in [7, 11) is 0. The minimum absolute atomic E-state index is 0.00165. The number of carbonyl (C=O) groups is 1. The molecule has 7 heteroatoms. The lowest BCUT2D eigenvalue weighted by Crippen LogP contribution is -2.14. The number of anilines is 1. The second-order valence-electron chi connectivity index (χ2n) is 5.50. The van der Waals surface area contributed by atoms with Crippen LogP contribution in [-0.4, -0.2) is 11.1 Å². The molecule has 0 spiro atoms. The summed E-state index contributed by atoms with van der Waals surface area (Å²) < 4.78 is 33.2. The summed E-state index contributed by atoms with van der Waals surface area (Å²) in [6, 6.07) is 8.52. The van der Waals surface area contributed by atoms with Crippen LogP contribution in [0.15, 0.2) is 40.9 Å². The Kier molecular flexibility index (Phi) is 4.55. The molecule has 0 aliphatic rings. The van der Waals surface area contributed by atoms with Crippen molar-refractivity contribution < 1.29 is 18.1 Å². The molecule has 0 aliphatic carbocycles. The first-order chi connectivity index (χ1) is 11.9. The Morgan fingerprint density at radius 1 is 1.16 bits per heavy atom. The molecule has 25 heavy (non-hydrogen) atoms. The molecule has 1 amide bonds. The molecule has 3 aromatic rings. The molecule has 128 valence electrons. The first-order valence-electron chi connectivity index (χ1n) is 7.36. The van der Waals surface area contributed by atoms with Gasteiger partial charge in [-0.2, -0.15) is 0 Å². The van der Waals surface area contributed by atoms with E-state index in [4.69, 9.17) is 16.1 Å². The molecule has 1 N–H and O–H groups in total. The second kappa shape index (κ2) is 6.64. The highest BCUT2D eigenvalue weighted by Crippen LogP contribution is 2.33. The molecule has 0 bridgehead atoms. The fourth-order valence-corrected chi connectivity index (χ4v) is 2.69. The Morgan fingerprint density at radius 3 is 2.60 bits per heavy atom. The van der Waals surface area contributed by atoms with Gasteiger partial charge in [0.2, 0.25) is 0 Å². The lowest BCUT2D eigenvalue weighted by Gasteiger charge is -2.08. The topological polar surface area (TPSA) is 55.1 Å². The standard InChI is InChI=1S/C18H13ClF2N2O2/c1-9-6-7-14(13(21)8-9)22-18(24)15-10(2)25-23-17(15)16-11(19)4-3-5-12(16)20/h3-8H,1-2H3,(H,22,24). The third kappa shape index (κ3) is 3.25. The summed E-state index contributed by atoms with van der Waals surface area (Å²) in [6.45, 7) is 3.24. The van der Waals surface area contributed by atoms with Gasteiger partial charge in [0.05, 0.1) is 16.3 Å². The number of aryl methyl sites for hydroxylation is 2. The van der Waals surface area contributed by atoms with Crippen molar-refractivity contribution in [1.82, 2.24) is 5.16 Å². The molecule has 0 atom stereocenters. The van der Waals surface area contributed by atoms with Gasteiger partial charge in [0.25, 0.3) is 5.91 Å². The fourth-order valence-electron chi connectivity index (χ4n) is 2.44.